The van der Waals surface area contributed by atoms with Crippen LogP contribution >= 0.6 is 39.3 Å². The summed E-state index contributed by atoms with van der Waals surface area (Å²) in [6, 6.07) is 12.4. The lowest BCUT2D eigenvalue weighted by Crippen LogP contribution is -1.79. The van der Waals surface area contributed by atoms with E-state index in [0.717, 1.165) is 15.0 Å². The second-order valence-electron chi connectivity index (χ2n) is 4.84. The first-order chi connectivity index (χ1) is 9.52. The number of halogens is 2. The van der Waals surface area contributed by atoms with Crippen LogP contribution in [0.15, 0.2) is 50.7 Å². The van der Waals surface area contributed by atoms with Crippen LogP contribution in [0.25, 0.3) is 10.9 Å². The molecule has 0 aliphatic rings. The monoisotopic (exact) mass is 365 g/mol. The lowest BCUT2D eigenvalue weighted by atomic mass is 10.2. The second kappa shape index (κ2) is 5.47. The van der Waals surface area contributed by atoms with Gasteiger partial charge in [0.2, 0.25) is 0 Å². The summed E-state index contributed by atoms with van der Waals surface area (Å²) in [5, 5.41) is 1.98. The first-order valence-corrected chi connectivity index (χ1v) is 8.24. The molecule has 0 fully saturated rings. The lowest BCUT2D eigenvalue weighted by molar-refractivity contribution is 1.22. The number of fused-ring (bicyclic) bond motifs is 1. The van der Waals surface area contributed by atoms with E-state index in [0.29, 0.717) is 0 Å². The van der Waals surface area contributed by atoms with Gasteiger partial charge in [-0.2, -0.15) is 0 Å². The predicted octanol–water partition coefficient (Wildman–Crippen LogP) is 6.35. The number of nitrogens with one attached hydrogen (secondary N) is 1. The number of benzene rings is 2. The van der Waals surface area contributed by atoms with Crippen molar-refractivity contribution in [1.29, 1.82) is 0 Å². The highest BCUT2D eigenvalue weighted by atomic mass is 79.9. The molecule has 0 spiro atoms. The molecule has 0 radical (unpaired) electrons. The number of aryl methyl sites for hydroxylation is 2. The molecular formula is C16H13BrClNS. The van der Waals surface area contributed by atoms with Gasteiger partial charge in [0.1, 0.15) is 0 Å². The van der Waals surface area contributed by atoms with E-state index in [-0.39, 0.29) is 0 Å². The summed E-state index contributed by atoms with van der Waals surface area (Å²) in [5.41, 5.74) is 3.51. The molecule has 4 heteroatoms. The van der Waals surface area contributed by atoms with Crippen LogP contribution in [-0.4, -0.2) is 4.98 Å². The van der Waals surface area contributed by atoms with Crippen LogP contribution in [0.5, 0.6) is 0 Å². The Kier molecular flexibility index (Phi) is 3.85. The summed E-state index contributed by atoms with van der Waals surface area (Å²) in [4.78, 5) is 5.89. The van der Waals surface area contributed by atoms with Crippen molar-refractivity contribution >= 4 is 50.2 Å². The Morgan fingerprint density at radius 3 is 2.65 bits per heavy atom. The number of aromatic nitrogens is 1. The molecule has 0 saturated heterocycles. The van der Waals surface area contributed by atoms with Gasteiger partial charge in [0.25, 0.3) is 0 Å². The fourth-order valence-corrected chi connectivity index (χ4v) is 4.38. The van der Waals surface area contributed by atoms with Crippen molar-refractivity contribution in [3.63, 3.8) is 0 Å². The van der Waals surface area contributed by atoms with Gasteiger partial charge in [-0.15, -0.1) is 0 Å². The van der Waals surface area contributed by atoms with E-state index in [1.54, 1.807) is 11.8 Å². The van der Waals surface area contributed by atoms with Gasteiger partial charge in [-0.3, -0.25) is 0 Å². The zero-order chi connectivity index (χ0) is 14.3. The SMILES string of the molecule is Cc1cc(Br)cc(Sc2c(C)[nH]c3cc(Cl)ccc23)c1. The summed E-state index contributed by atoms with van der Waals surface area (Å²) in [6.07, 6.45) is 0. The normalized spacial score (nSPS) is 11.2. The van der Waals surface area contributed by atoms with Crippen molar-refractivity contribution in [1.82, 2.24) is 4.98 Å². The van der Waals surface area contributed by atoms with Crippen LogP contribution < -0.4 is 0 Å². The van der Waals surface area contributed by atoms with E-state index >= 15 is 0 Å². The Morgan fingerprint density at radius 2 is 1.90 bits per heavy atom. The second-order valence-corrected chi connectivity index (χ2v) is 7.27. The van der Waals surface area contributed by atoms with Gasteiger partial charge in [-0.1, -0.05) is 45.4 Å². The first kappa shape index (κ1) is 14.1. The van der Waals surface area contributed by atoms with Crippen LogP contribution in [0.3, 0.4) is 0 Å². The van der Waals surface area contributed by atoms with E-state index in [1.807, 2.05) is 12.1 Å². The minimum Gasteiger partial charge on any atom is -0.358 e. The van der Waals surface area contributed by atoms with E-state index in [9.17, 15) is 0 Å². The van der Waals surface area contributed by atoms with Gasteiger partial charge < -0.3 is 4.98 Å². The van der Waals surface area contributed by atoms with Gasteiger partial charge in [-0.25, -0.2) is 0 Å². The molecule has 0 saturated carbocycles. The van der Waals surface area contributed by atoms with Gasteiger partial charge in [-0.05, 0) is 49.7 Å². The Morgan fingerprint density at radius 1 is 1.10 bits per heavy atom. The summed E-state index contributed by atoms with van der Waals surface area (Å²) in [7, 11) is 0. The number of aromatic amines is 1. The van der Waals surface area contributed by atoms with Crippen molar-refractivity contribution < 1.29 is 0 Å². The van der Waals surface area contributed by atoms with Crippen LogP contribution in [0.1, 0.15) is 11.3 Å². The van der Waals surface area contributed by atoms with Crippen molar-refractivity contribution in [3.05, 3.63) is 57.2 Å². The lowest BCUT2D eigenvalue weighted by Gasteiger charge is -2.04. The van der Waals surface area contributed by atoms with E-state index < -0.39 is 0 Å². The number of hydrogen-bond acceptors (Lipinski definition) is 1. The topological polar surface area (TPSA) is 15.8 Å². The summed E-state index contributed by atoms with van der Waals surface area (Å²) < 4.78 is 1.11. The molecule has 0 aliphatic heterocycles. The third-order valence-electron chi connectivity index (χ3n) is 3.12. The summed E-state index contributed by atoms with van der Waals surface area (Å²) in [6.45, 7) is 4.21. The smallest absolute Gasteiger partial charge is 0.0482 e. The van der Waals surface area contributed by atoms with Gasteiger partial charge in [0, 0.05) is 35.9 Å². The highest BCUT2D eigenvalue weighted by Crippen LogP contribution is 2.38. The molecule has 0 aliphatic carbocycles. The molecule has 2 aromatic carbocycles. The third kappa shape index (κ3) is 2.76. The molecule has 1 heterocycles. The van der Waals surface area contributed by atoms with Gasteiger partial charge >= 0.3 is 0 Å². The molecule has 1 nitrogen and oxygen atoms in total. The molecule has 3 rings (SSSR count). The third-order valence-corrected chi connectivity index (χ3v) is 5.02. The number of H-pyrrole nitrogens is 1. The molecule has 3 aromatic rings. The van der Waals surface area contributed by atoms with Gasteiger partial charge in [0.05, 0.1) is 0 Å². The first-order valence-electron chi connectivity index (χ1n) is 6.26. The Balaban J connectivity index is 2.08. The quantitative estimate of drug-likeness (QED) is 0.558. The molecule has 0 amide bonds. The molecular weight excluding hydrogens is 354 g/mol. The summed E-state index contributed by atoms with van der Waals surface area (Å²) >= 11 is 11.4. The Hall–Kier alpha value is -0.900. The van der Waals surface area contributed by atoms with E-state index in [1.165, 1.54) is 26.4 Å². The number of hydrogen-bond donors (Lipinski definition) is 1. The highest BCUT2D eigenvalue weighted by Gasteiger charge is 2.11. The van der Waals surface area contributed by atoms with Gasteiger partial charge in [0.15, 0.2) is 0 Å². The molecule has 102 valence electrons. The van der Waals surface area contributed by atoms with Crippen molar-refractivity contribution in [2.75, 3.05) is 0 Å². The van der Waals surface area contributed by atoms with E-state index in [4.69, 9.17) is 11.6 Å². The van der Waals surface area contributed by atoms with Crippen LogP contribution in [0.4, 0.5) is 0 Å². The van der Waals surface area contributed by atoms with Crippen molar-refractivity contribution in [2.45, 2.75) is 23.6 Å². The molecule has 0 atom stereocenters. The van der Waals surface area contributed by atoms with Crippen LogP contribution in [0.2, 0.25) is 5.02 Å². The molecule has 1 aromatic heterocycles. The fraction of sp³-hybridized carbons (Fsp3) is 0.125. The maximum atomic E-state index is 6.05. The molecule has 0 bridgehead atoms. The molecule has 1 N–H and O–H groups in total. The number of rotatable bonds is 2. The maximum Gasteiger partial charge on any atom is 0.0482 e. The molecule has 20 heavy (non-hydrogen) atoms. The molecule has 0 unspecified atom stereocenters. The van der Waals surface area contributed by atoms with Crippen molar-refractivity contribution in [2.24, 2.45) is 0 Å². The van der Waals surface area contributed by atoms with E-state index in [2.05, 4.69) is 59.0 Å². The average Bonchev–Trinajstić information content (AvgIpc) is 2.64. The van der Waals surface area contributed by atoms with Crippen LogP contribution in [-0.2, 0) is 0 Å². The highest BCUT2D eigenvalue weighted by molar-refractivity contribution is 9.10. The minimum atomic E-state index is 0.758. The Bertz CT molecular complexity index is 774. The average molecular weight is 367 g/mol. The van der Waals surface area contributed by atoms with Crippen LogP contribution in [0, 0.1) is 13.8 Å². The maximum absolute atomic E-state index is 6.05. The predicted molar refractivity (Wildman–Crippen MR) is 91.0 cm³/mol. The van der Waals surface area contributed by atoms with Crippen molar-refractivity contribution in [3.8, 4) is 0 Å². The zero-order valence-electron chi connectivity index (χ0n) is 11.1. The largest absolute Gasteiger partial charge is 0.358 e. The summed E-state index contributed by atoms with van der Waals surface area (Å²) in [5.74, 6) is 0. The standard InChI is InChI=1S/C16H13BrClNS/c1-9-5-11(17)7-13(6-9)20-16-10(2)19-15-8-12(18)3-4-14(15)16/h3-8,19H,1-2H3. The zero-order valence-corrected chi connectivity index (χ0v) is 14.3. The fourth-order valence-electron chi connectivity index (χ4n) is 2.29. The minimum absolute atomic E-state index is 0.758. The Labute approximate surface area is 135 Å².